The molecule has 6 rings (SSSR count). The zero-order valence-corrected chi connectivity index (χ0v) is 28.7. The van der Waals surface area contributed by atoms with Crippen LogP contribution in [0.2, 0.25) is 0 Å². The fourth-order valence-corrected chi connectivity index (χ4v) is 12.9. The maximum Gasteiger partial charge on any atom is 0.312 e. The first-order valence-electron chi connectivity index (χ1n) is 17.7. The van der Waals surface area contributed by atoms with Crippen LogP contribution in [0.5, 0.6) is 0 Å². The molecule has 5 aliphatic rings. The minimum Gasteiger partial charge on any atom is -0.465 e. The Morgan fingerprint density at radius 3 is 2.23 bits per heavy atom. The molecule has 0 aromatic heterocycles. The van der Waals surface area contributed by atoms with Crippen molar-refractivity contribution in [3.63, 3.8) is 0 Å². The number of rotatable bonds is 6. The largest absolute Gasteiger partial charge is 0.465 e. The van der Waals surface area contributed by atoms with E-state index in [0.717, 1.165) is 31.2 Å². The molecule has 0 bridgehead atoms. The van der Waals surface area contributed by atoms with E-state index in [1.807, 2.05) is 30.3 Å². The van der Waals surface area contributed by atoms with Gasteiger partial charge in [-0.1, -0.05) is 77.1 Å². The SMILES string of the molecule is C=C(C)[C@@H]1CC[C@]2(C(=O)OCc3ccccc3)CC[C@]3(C)C(CCC4[C@@]5(C)CC[C@H](C)[C@@](C)(COC(C)=O)C5CC[C@]43C)C12. The highest BCUT2D eigenvalue weighted by Gasteiger charge is 2.72. The van der Waals surface area contributed by atoms with Crippen LogP contribution in [0.15, 0.2) is 42.5 Å². The van der Waals surface area contributed by atoms with Gasteiger partial charge in [0.25, 0.3) is 0 Å². The molecule has 0 amide bonds. The Hall–Kier alpha value is -2.10. The van der Waals surface area contributed by atoms with Gasteiger partial charge >= 0.3 is 11.9 Å². The normalized spacial score (nSPS) is 46.1. The van der Waals surface area contributed by atoms with E-state index in [9.17, 15) is 9.59 Å². The summed E-state index contributed by atoms with van der Waals surface area (Å²) in [7, 11) is 0. The van der Waals surface area contributed by atoms with Crippen molar-refractivity contribution in [2.45, 2.75) is 119 Å². The molecule has 4 unspecified atom stereocenters. The first kappa shape index (κ1) is 31.9. The van der Waals surface area contributed by atoms with Crippen molar-refractivity contribution in [3.05, 3.63) is 48.0 Å². The van der Waals surface area contributed by atoms with Gasteiger partial charge in [-0.25, -0.2) is 0 Å². The number of benzene rings is 1. The van der Waals surface area contributed by atoms with E-state index in [4.69, 9.17) is 9.47 Å². The molecule has 5 fully saturated rings. The summed E-state index contributed by atoms with van der Waals surface area (Å²) in [5.74, 6) is 2.83. The van der Waals surface area contributed by atoms with Crippen molar-refractivity contribution >= 4 is 11.9 Å². The summed E-state index contributed by atoms with van der Waals surface area (Å²) in [5, 5.41) is 0. The highest BCUT2D eigenvalue weighted by molar-refractivity contribution is 5.78. The summed E-state index contributed by atoms with van der Waals surface area (Å²) in [5.41, 5.74) is 2.55. The zero-order chi connectivity index (χ0) is 31.7. The Balaban J connectivity index is 1.32. The van der Waals surface area contributed by atoms with Crippen LogP contribution in [0.1, 0.15) is 118 Å². The van der Waals surface area contributed by atoms with Crippen LogP contribution in [0, 0.1) is 62.6 Å². The van der Waals surface area contributed by atoms with E-state index in [-0.39, 0.29) is 33.6 Å². The number of fused-ring (bicyclic) bond motifs is 7. The third kappa shape index (κ3) is 4.49. The number of hydrogen-bond acceptors (Lipinski definition) is 4. The number of hydrogen-bond donors (Lipinski definition) is 0. The Morgan fingerprint density at radius 2 is 1.55 bits per heavy atom. The van der Waals surface area contributed by atoms with Crippen LogP contribution < -0.4 is 0 Å². The molecule has 0 heterocycles. The highest BCUT2D eigenvalue weighted by atomic mass is 16.5. The van der Waals surface area contributed by atoms with Crippen molar-refractivity contribution in [2.24, 2.45) is 62.6 Å². The second-order valence-corrected chi connectivity index (χ2v) is 17.1. The molecule has 4 heteroatoms. The van der Waals surface area contributed by atoms with Crippen molar-refractivity contribution in [2.75, 3.05) is 6.61 Å². The smallest absolute Gasteiger partial charge is 0.312 e. The molecule has 0 aliphatic heterocycles. The first-order chi connectivity index (χ1) is 20.7. The molecule has 44 heavy (non-hydrogen) atoms. The lowest BCUT2D eigenvalue weighted by molar-refractivity contribution is -0.249. The van der Waals surface area contributed by atoms with Gasteiger partial charge in [0.05, 0.1) is 12.0 Å². The maximum atomic E-state index is 14.2. The van der Waals surface area contributed by atoms with Gasteiger partial charge in [-0.15, -0.1) is 0 Å². The average Bonchev–Trinajstić information content (AvgIpc) is 3.39. The van der Waals surface area contributed by atoms with Crippen molar-refractivity contribution < 1.29 is 19.1 Å². The fourth-order valence-electron chi connectivity index (χ4n) is 12.9. The first-order valence-corrected chi connectivity index (χ1v) is 17.7. The Kier molecular flexibility index (Phi) is 7.97. The summed E-state index contributed by atoms with van der Waals surface area (Å²) in [4.78, 5) is 26.2. The summed E-state index contributed by atoms with van der Waals surface area (Å²) < 4.78 is 12.0. The molecular weight excluding hydrogens is 544 g/mol. The fraction of sp³-hybridized carbons (Fsp3) is 0.750. The molecule has 0 spiro atoms. The third-order valence-electron chi connectivity index (χ3n) is 15.6. The lowest BCUT2D eigenvalue weighted by Gasteiger charge is -2.73. The van der Waals surface area contributed by atoms with E-state index in [0.29, 0.717) is 48.7 Å². The van der Waals surface area contributed by atoms with Crippen molar-refractivity contribution in [3.8, 4) is 0 Å². The Labute approximate surface area is 267 Å². The van der Waals surface area contributed by atoms with Gasteiger partial charge in [0.15, 0.2) is 0 Å². The van der Waals surface area contributed by atoms with E-state index >= 15 is 0 Å². The predicted molar refractivity (Wildman–Crippen MR) is 175 cm³/mol. The molecule has 242 valence electrons. The van der Waals surface area contributed by atoms with Gasteiger partial charge in [-0.3, -0.25) is 9.59 Å². The lowest BCUT2D eigenvalue weighted by atomic mass is 9.32. The maximum absolute atomic E-state index is 14.2. The number of carbonyl (C=O) groups excluding carboxylic acids is 2. The number of esters is 2. The quantitative estimate of drug-likeness (QED) is 0.240. The molecular formula is C40H58O4. The Bertz CT molecular complexity index is 1290. The minimum absolute atomic E-state index is 0.0124. The van der Waals surface area contributed by atoms with Crippen LogP contribution >= 0.6 is 0 Å². The molecule has 0 radical (unpaired) electrons. The standard InChI is InChI=1S/C40H58O4/c1-26(2)30-17-21-40(35(42)43-24-29-12-10-9-11-13-29)23-22-38(7)31(34(30)40)14-15-33-36(5)19-16-27(3)37(6,25-44-28(4)41)32(36)18-20-39(33,38)8/h9-13,27,30-34H,1,14-25H2,2-8H3/t27-,30-,31?,32?,33?,34?,36-,37+,38+,39+,40-/m0/s1. The van der Waals surface area contributed by atoms with Crippen LogP contribution in [0.4, 0.5) is 0 Å². The summed E-state index contributed by atoms with van der Waals surface area (Å²) in [6.45, 7) is 21.9. The van der Waals surface area contributed by atoms with Gasteiger partial charge in [0.1, 0.15) is 6.61 Å². The Morgan fingerprint density at radius 1 is 0.818 bits per heavy atom. The number of carbonyl (C=O) groups is 2. The third-order valence-corrected chi connectivity index (χ3v) is 15.6. The molecule has 0 N–H and O–H groups in total. The number of ether oxygens (including phenoxy) is 2. The summed E-state index contributed by atoms with van der Waals surface area (Å²) in [6.07, 6.45) is 11.3. The molecule has 1 aromatic rings. The highest BCUT2D eigenvalue weighted by Crippen LogP contribution is 2.78. The van der Waals surface area contributed by atoms with Gasteiger partial charge in [0.2, 0.25) is 0 Å². The van der Waals surface area contributed by atoms with Crippen LogP contribution in [0.3, 0.4) is 0 Å². The van der Waals surface area contributed by atoms with E-state index in [1.165, 1.54) is 44.1 Å². The van der Waals surface area contributed by atoms with Crippen LogP contribution in [-0.2, 0) is 25.7 Å². The van der Waals surface area contributed by atoms with Crippen LogP contribution in [0.25, 0.3) is 0 Å². The van der Waals surface area contributed by atoms with Gasteiger partial charge in [-0.05, 0) is 128 Å². The summed E-state index contributed by atoms with van der Waals surface area (Å²) in [6, 6.07) is 10.1. The number of allylic oxidation sites excluding steroid dienone is 1. The van der Waals surface area contributed by atoms with E-state index in [2.05, 4.69) is 48.1 Å². The molecule has 0 saturated heterocycles. The average molecular weight is 603 g/mol. The van der Waals surface area contributed by atoms with Crippen LogP contribution in [-0.4, -0.2) is 18.5 Å². The van der Waals surface area contributed by atoms with Gasteiger partial charge < -0.3 is 9.47 Å². The second kappa shape index (κ2) is 11.0. The van der Waals surface area contributed by atoms with E-state index in [1.54, 1.807) is 6.92 Å². The predicted octanol–water partition coefficient (Wildman–Crippen LogP) is 9.57. The molecule has 5 saturated carbocycles. The van der Waals surface area contributed by atoms with Crippen molar-refractivity contribution in [1.82, 2.24) is 0 Å². The molecule has 4 nitrogen and oxygen atoms in total. The molecule has 1 aromatic carbocycles. The zero-order valence-electron chi connectivity index (χ0n) is 28.7. The minimum atomic E-state index is -0.393. The second-order valence-electron chi connectivity index (χ2n) is 17.1. The molecule has 11 atom stereocenters. The monoisotopic (exact) mass is 602 g/mol. The van der Waals surface area contributed by atoms with Gasteiger partial charge in [-0.2, -0.15) is 0 Å². The van der Waals surface area contributed by atoms with Crippen molar-refractivity contribution in [1.29, 1.82) is 0 Å². The lowest BCUT2D eigenvalue weighted by Crippen LogP contribution is -2.67. The topological polar surface area (TPSA) is 52.6 Å². The molecule has 5 aliphatic carbocycles. The summed E-state index contributed by atoms with van der Waals surface area (Å²) >= 11 is 0. The van der Waals surface area contributed by atoms with Gasteiger partial charge in [0, 0.05) is 12.3 Å². The van der Waals surface area contributed by atoms with E-state index < -0.39 is 5.41 Å².